The minimum Gasteiger partial charge on any atom is -0.491 e. The molecule has 0 aliphatic heterocycles. The maximum atomic E-state index is 11.9. The number of rotatable bonds is 6. The standard InChI is InChI=1S/C18H21ClN2O2/c1-13-12-16(19)8-9-17(13)23-11-10-20-18(22)21-14(2)15-6-4-3-5-7-15/h3-9,12,14H,10-11H2,1-2H3,(H2,20,21,22). The van der Waals surface area contributed by atoms with Crippen LogP contribution in [-0.4, -0.2) is 19.2 Å². The molecular formula is C18H21ClN2O2. The van der Waals surface area contributed by atoms with Crippen LogP contribution in [0.25, 0.3) is 0 Å². The van der Waals surface area contributed by atoms with E-state index in [9.17, 15) is 4.79 Å². The molecule has 2 N–H and O–H groups in total. The van der Waals surface area contributed by atoms with Crippen LogP contribution in [-0.2, 0) is 0 Å². The molecule has 2 amide bonds. The van der Waals surface area contributed by atoms with Gasteiger partial charge in [0.2, 0.25) is 0 Å². The van der Waals surface area contributed by atoms with E-state index < -0.39 is 0 Å². The maximum absolute atomic E-state index is 11.9. The van der Waals surface area contributed by atoms with Gasteiger partial charge in [0.15, 0.2) is 0 Å². The lowest BCUT2D eigenvalue weighted by Gasteiger charge is -2.15. The Kier molecular flexibility index (Phi) is 6.29. The van der Waals surface area contributed by atoms with Crippen molar-refractivity contribution >= 4 is 17.6 Å². The predicted octanol–water partition coefficient (Wildman–Crippen LogP) is 4.09. The van der Waals surface area contributed by atoms with Crippen LogP contribution in [0.5, 0.6) is 5.75 Å². The average Bonchev–Trinajstić information content (AvgIpc) is 2.54. The average molecular weight is 333 g/mol. The van der Waals surface area contributed by atoms with Gasteiger partial charge in [0.1, 0.15) is 12.4 Å². The number of hydrogen-bond donors (Lipinski definition) is 2. The van der Waals surface area contributed by atoms with Gasteiger partial charge in [-0.3, -0.25) is 0 Å². The van der Waals surface area contributed by atoms with Gasteiger partial charge in [0.25, 0.3) is 0 Å². The Bertz CT molecular complexity index is 647. The number of aryl methyl sites for hydroxylation is 1. The Labute approximate surface area is 141 Å². The van der Waals surface area contributed by atoms with Crippen molar-refractivity contribution in [2.45, 2.75) is 19.9 Å². The highest BCUT2D eigenvalue weighted by atomic mass is 35.5. The van der Waals surface area contributed by atoms with Crippen molar-refractivity contribution < 1.29 is 9.53 Å². The van der Waals surface area contributed by atoms with Gasteiger partial charge in [-0.05, 0) is 43.2 Å². The van der Waals surface area contributed by atoms with Gasteiger partial charge < -0.3 is 15.4 Å². The zero-order valence-corrected chi connectivity index (χ0v) is 14.1. The number of hydrogen-bond acceptors (Lipinski definition) is 2. The molecular weight excluding hydrogens is 312 g/mol. The number of ether oxygens (including phenoxy) is 1. The predicted molar refractivity (Wildman–Crippen MR) is 93.1 cm³/mol. The topological polar surface area (TPSA) is 50.4 Å². The minimum atomic E-state index is -0.210. The van der Waals surface area contributed by atoms with Crippen LogP contribution in [0, 0.1) is 6.92 Å². The highest BCUT2D eigenvalue weighted by molar-refractivity contribution is 6.30. The van der Waals surface area contributed by atoms with Crippen LogP contribution in [0.4, 0.5) is 4.79 Å². The third-order valence-corrected chi connectivity index (χ3v) is 3.66. The number of urea groups is 1. The van der Waals surface area contributed by atoms with Gasteiger partial charge in [0, 0.05) is 5.02 Å². The summed E-state index contributed by atoms with van der Waals surface area (Å²) < 4.78 is 5.63. The summed E-state index contributed by atoms with van der Waals surface area (Å²) in [5.41, 5.74) is 2.04. The molecule has 122 valence electrons. The molecule has 2 aromatic rings. The van der Waals surface area contributed by atoms with Gasteiger partial charge in [0.05, 0.1) is 12.6 Å². The molecule has 1 unspecified atom stereocenters. The van der Waals surface area contributed by atoms with Crippen LogP contribution < -0.4 is 15.4 Å². The monoisotopic (exact) mass is 332 g/mol. The summed E-state index contributed by atoms with van der Waals surface area (Å²) in [4.78, 5) is 11.9. The van der Waals surface area contributed by atoms with Crippen molar-refractivity contribution in [1.29, 1.82) is 0 Å². The first-order valence-corrected chi connectivity index (χ1v) is 7.92. The van der Waals surface area contributed by atoms with Crippen LogP contribution in [0.15, 0.2) is 48.5 Å². The number of benzene rings is 2. The second kappa shape index (κ2) is 8.44. The summed E-state index contributed by atoms with van der Waals surface area (Å²) in [5.74, 6) is 0.772. The van der Waals surface area contributed by atoms with Crippen LogP contribution >= 0.6 is 11.6 Å². The van der Waals surface area contributed by atoms with Gasteiger partial charge in [-0.25, -0.2) is 4.79 Å². The molecule has 0 bridgehead atoms. The molecule has 0 aliphatic rings. The van der Waals surface area contributed by atoms with E-state index in [1.54, 1.807) is 6.07 Å². The second-order valence-electron chi connectivity index (χ2n) is 5.29. The molecule has 5 heteroatoms. The summed E-state index contributed by atoms with van der Waals surface area (Å²) in [6.45, 7) is 4.70. The lowest BCUT2D eigenvalue weighted by Crippen LogP contribution is -2.39. The largest absolute Gasteiger partial charge is 0.491 e. The molecule has 2 rings (SSSR count). The first kappa shape index (κ1) is 17.2. The van der Waals surface area contributed by atoms with Crippen LogP contribution in [0.1, 0.15) is 24.1 Å². The van der Waals surface area contributed by atoms with E-state index in [0.717, 1.165) is 16.9 Å². The zero-order valence-electron chi connectivity index (χ0n) is 13.3. The van der Waals surface area contributed by atoms with Crippen molar-refractivity contribution in [3.63, 3.8) is 0 Å². The van der Waals surface area contributed by atoms with E-state index in [2.05, 4.69) is 10.6 Å². The van der Waals surface area contributed by atoms with Gasteiger partial charge in [-0.1, -0.05) is 41.9 Å². The molecule has 0 aliphatic carbocycles. The molecule has 4 nitrogen and oxygen atoms in total. The zero-order chi connectivity index (χ0) is 16.7. The molecule has 0 saturated carbocycles. The molecule has 2 aromatic carbocycles. The first-order valence-electron chi connectivity index (χ1n) is 7.54. The molecule has 0 aromatic heterocycles. The number of nitrogens with one attached hydrogen (secondary N) is 2. The van der Waals surface area contributed by atoms with E-state index in [1.807, 2.05) is 56.3 Å². The molecule has 0 fully saturated rings. The van der Waals surface area contributed by atoms with Gasteiger partial charge in [-0.2, -0.15) is 0 Å². The number of carbonyl (C=O) groups excluding carboxylic acids is 1. The highest BCUT2D eigenvalue weighted by Gasteiger charge is 2.08. The Morgan fingerprint density at radius 1 is 1.22 bits per heavy atom. The SMILES string of the molecule is Cc1cc(Cl)ccc1OCCNC(=O)NC(C)c1ccccc1. The third kappa shape index (κ3) is 5.49. The first-order chi connectivity index (χ1) is 11.1. The second-order valence-corrected chi connectivity index (χ2v) is 5.73. The van der Waals surface area contributed by atoms with Gasteiger partial charge in [-0.15, -0.1) is 0 Å². The quantitative estimate of drug-likeness (QED) is 0.783. The number of amides is 2. The van der Waals surface area contributed by atoms with E-state index >= 15 is 0 Å². The van der Waals surface area contributed by atoms with Gasteiger partial charge >= 0.3 is 6.03 Å². The lowest BCUT2D eigenvalue weighted by atomic mass is 10.1. The van der Waals surface area contributed by atoms with Crippen molar-refractivity contribution in [3.8, 4) is 5.75 Å². The van der Waals surface area contributed by atoms with Crippen LogP contribution in [0.2, 0.25) is 5.02 Å². The fourth-order valence-corrected chi connectivity index (χ4v) is 2.40. The smallest absolute Gasteiger partial charge is 0.315 e. The summed E-state index contributed by atoms with van der Waals surface area (Å²) in [7, 11) is 0. The normalized spacial score (nSPS) is 11.6. The van der Waals surface area contributed by atoms with Crippen molar-refractivity contribution in [2.24, 2.45) is 0 Å². The van der Waals surface area contributed by atoms with Crippen molar-refractivity contribution in [3.05, 3.63) is 64.7 Å². The highest BCUT2D eigenvalue weighted by Crippen LogP contribution is 2.21. The van der Waals surface area contributed by atoms with E-state index in [4.69, 9.17) is 16.3 Å². The molecule has 1 atom stereocenters. The fraction of sp³-hybridized carbons (Fsp3) is 0.278. The van der Waals surface area contributed by atoms with Crippen molar-refractivity contribution in [1.82, 2.24) is 10.6 Å². The molecule has 0 radical (unpaired) electrons. The molecule has 0 saturated heterocycles. The molecule has 0 heterocycles. The summed E-state index contributed by atoms with van der Waals surface area (Å²) in [6, 6.07) is 15.0. The Balaban J connectivity index is 1.70. The summed E-state index contributed by atoms with van der Waals surface area (Å²) >= 11 is 5.90. The van der Waals surface area contributed by atoms with E-state index in [-0.39, 0.29) is 12.1 Å². The van der Waals surface area contributed by atoms with E-state index in [1.165, 1.54) is 0 Å². The van der Waals surface area contributed by atoms with Crippen LogP contribution in [0.3, 0.4) is 0 Å². The minimum absolute atomic E-state index is 0.0457. The van der Waals surface area contributed by atoms with Crippen molar-refractivity contribution in [2.75, 3.05) is 13.2 Å². The summed E-state index contributed by atoms with van der Waals surface area (Å²) in [5, 5.41) is 6.36. The Hall–Kier alpha value is -2.20. The van der Waals surface area contributed by atoms with E-state index in [0.29, 0.717) is 18.2 Å². The summed E-state index contributed by atoms with van der Waals surface area (Å²) in [6.07, 6.45) is 0. The fourth-order valence-electron chi connectivity index (χ4n) is 2.17. The Morgan fingerprint density at radius 2 is 1.96 bits per heavy atom. The third-order valence-electron chi connectivity index (χ3n) is 3.43. The maximum Gasteiger partial charge on any atom is 0.315 e. The molecule has 0 spiro atoms. The lowest BCUT2D eigenvalue weighted by molar-refractivity contribution is 0.233. The molecule has 23 heavy (non-hydrogen) atoms. The number of carbonyl (C=O) groups is 1. The number of halogens is 1. The Morgan fingerprint density at radius 3 is 2.65 bits per heavy atom.